The highest BCUT2D eigenvalue weighted by molar-refractivity contribution is 5.95. The highest BCUT2D eigenvalue weighted by Crippen LogP contribution is 2.12. The molecule has 8 nitrogen and oxygen atoms in total. The van der Waals surface area contributed by atoms with E-state index < -0.39 is 17.9 Å². The Morgan fingerprint density at radius 2 is 2.33 bits per heavy atom. The van der Waals surface area contributed by atoms with Crippen molar-refractivity contribution >= 4 is 11.9 Å². The number of aromatic nitrogens is 3. The molecule has 0 aliphatic carbocycles. The van der Waals surface area contributed by atoms with E-state index in [-0.39, 0.29) is 5.69 Å². The Bertz CT molecular complexity index is 560. The summed E-state index contributed by atoms with van der Waals surface area (Å²) in [5.41, 5.74) is 0.395. The molecule has 0 aromatic carbocycles. The molecule has 0 bridgehead atoms. The van der Waals surface area contributed by atoms with E-state index in [2.05, 4.69) is 20.1 Å². The molecule has 8 heteroatoms. The monoisotopic (exact) mass is 250 g/mol. The van der Waals surface area contributed by atoms with E-state index in [0.717, 1.165) is 0 Å². The van der Waals surface area contributed by atoms with E-state index in [1.54, 1.807) is 7.05 Å². The molecule has 2 aromatic heterocycles. The first-order chi connectivity index (χ1) is 8.58. The van der Waals surface area contributed by atoms with Crippen LogP contribution in [0.4, 0.5) is 0 Å². The Kier molecular flexibility index (Phi) is 3.09. The van der Waals surface area contributed by atoms with Gasteiger partial charge in [0.15, 0.2) is 11.7 Å². The highest BCUT2D eigenvalue weighted by atomic mass is 16.5. The van der Waals surface area contributed by atoms with Gasteiger partial charge < -0.3 is 14.9 Å². The molecule has 1 amide bonds. The van der Waals surface area contributed by atoms with Gasteiger partial charge >= 0.3 is 5.97 Å². The molecule has 2 N–H and O–H groups in total. The molecule has 0 saturated heterocycles. The minimum Gasteiger partial charge on any atom is -0.479 e. The van der Waals surface area contributed by atoms with Gasteiger partial charge in [-0.05, 0) is 0 Å². The van der Waals surface area contributed by atoms with Crippen molar-refractivity contribution in [1.82, 2.24) is 20.3 Å². The molecular formula is C10H10N4O4. The maximum absolute atomic E-state index is 11.7. The number of carbonyl (C=O) groups is 2. The maximum atomic E-state index is 11.7. The highest BCUT2D eigenvalue weighted by Gasteiger charge is 2.24. The Labute approximate surface area is 101 Å². The number of hydrogen-bond donors (Lipinski definition) is 2. The number of carbonyl (C=O) groups excluding carboxylic acids is 1. The normalized spacial score (nSPS) is 12.1. The number of carboxylic acids is 1. The minimum atomic E-state index is -1.18. The topological polar surface area (TPSA) is 110 Å². The molecule has 0 spiro atoms. The average molecular weight is 250 g/mol. The number of amides is 1. The van der Waals surface area contributed by atoms with Crippen LogP contribution in [-0.2, 0) is 11.8 Å². The van der Waals surface area contributed by atoms with Gasteiger partial charge in [-0.2, -0.15) is 5.10 Å². The molecule has 0 aliphatic rings. The number of aryl methyl sites for hydroxylation is 1. The molecule has 94 valence electrons. The largest absolute Gasteiger partial charge is 0.479 e. The van der Waals surface area contributed by atoms with Gasteiger partial charge in [0.25, 0.3) is 5.91 Å². The fraction of sp³-hybridized carbons (Fsp3) is 0.200. The number of rotatable bonds is 4. The van der Waals surface area contributed by atoms with Crippen LogP contribution in [0.1, 0.15) is 22.1 Å². The average Bonchev–Trinajstić information content (AvgIpc) is 2.95. The van der Waals surface area contributed by atoms with E-state index in [1.807, 2.05) is 0 Å². The van der Waals surface area contributed by atoms with Gasteiger partial charge in [-0.1, -0.05) is 5.16 Å². The van der Waals surface area contributed by atoms with E-state index in [0.29, 0.717) is 5.56 Å². The van der Waals surface area contributed by atoms with Crippen molar-refractivity contribution in [2.24, 2.45) is 7.05 Å². The van der Waals surface area contributed by atoms with Crippen molar-refractivity contribution in [2.45, 2.75) is 6.04 Å². The van der Waals surface area contributed by atoms with E-state index >= 15 is 0 Å². The van der Waals surface area contributed by atoms with Crippen molar-refractivity contribution in [1.29, 1.82) is 0 Å². The summed E-state index contributed by atoms with van der Waals surface area (Å²) >= 11 is 0. The smallest absolute Gasteiger partial charge is 0.331 e. The van der Waals surface area contributed by atoms with Crippen LogP contribution >= 0.6 is 0 Å². The van der Waals surface area contributed by atoms with Crippen molar-refractivity contribution in [2.75, 3.05) is 0 Å². The van der Waals surface area contributed by atoms with Crippen LogP contribution in [0.5, 0.6) is 0 Å². The van der Waals surface area contributed by atoms with Crippen LogP contribution in [0.25, 0.3) is 0 Å². The minimum absolute atomic E-state index is 0.0186. The van der Waals surface area contributed by atoms with Crippen LogP contribution in [0.3, 0.4) is 0 Å². The summed E-state index contributed by atoms with van der Waals surface area (Å²) in [5, 5.41) is 18.7. The lowest BCUT2D eigenvalue weighted by Gasteiger charge is -2.11. The molecule has 0 aliphatic heterocycles. The summed E-state index contributed by atoms with van der Waals surface area (Å²) in [4.78, 5) is 22.8. The standard InChI is InChI=1S/C10H10N4O4/c1-14-5-6(4-11-14)8(10(16)17)12-9(15)7-2-3-18-13-7/h2-5,8H,1H3,(H,12,15)(H,16,17). The molecule has 1 unspecified atom stereocenters. The second-order valence-electron chi connectivity index (χ2n) is 3.58. The lowest BCUT2D eigenvalue weighted by Crippen LogP contribution is -2.33. The van der Waals surface area contributed by atoms with Gasteiger partial charge in [0.2, 0.25) is 0 Å². The van der Waals surface area contributed by atoms with E-state index in [9.17, 15) is 9.59 Å². The molecule has 2 heterocycles. The first-order valence-corrected chi connectivity index (χ1v) is 5.00. The molecule has 0 radical (unpaired) electrons. The first-order valence-electron chi connectivity index (χ1n) is 5.00. The van der Waals surface area contributed by atoms with Crippen LogP contribution in [0, 0.1) is 0 Å². The third-order valence-electron chi connectivity index (χ3n) is 2.25. The van der Waals surface area contributed by atoms with E-state index in [4.69, 9.17) is 5.11 Å². The summed E-state index contributed by atoms with van der Waals surface area (Å²) in [6, 6.07) is 0.167. The zero-order valence-electron chi connectivity index (χ0n) is 9.40. The summed E-state index contributed by atoms with van der Waals surface area (Å²) < 4.78 is 5.96. The van der Waals surface area contributed by atoms with Gasteiger partial charge in [-0.25, -0.2) is 4.79 Å². The Morgan fingerprint density at radius 3 is 2.83 bits per heavy atom. The Hall–Kier alpha value is -2.64. The predicted octanol–water partition coefficient (Wildman–Crippen LogP) is -0.0362. The molecule has 2 aromatic rings. The van der Waals surface area contributed by atoms with Crippen molar-refractivity contribution in [3.63, 3.8) is 0 Å². The SMILES string of the molecule is Cn1cc(C(NC(=O)c2ccon2)C(=O)O)cn1. The van der Waals surface area contributed by atoms with Crippen molar-refractivity contribution in [3.8, 4) is 0 Å². The fourth-order valence-electron chi connectivity index (χ4n) is 1.41. The molecular weight excluding hydrogens is 240 g/mol. The van der Waals surface area contributed by atoms with E-state index in [1.165, 1.54) is 29.4 Å². The molecule has 0 saturated carbocycles. The van der Waals surface area contributed by atoms with Crippen molar-refractivity contribution < 1.29 is 19.2 Å². The lowest BCUT2D eigenvalue weighted by atomic mass is 10.1. The zero-order chi connectivity index (χ0) is 13.1. The van der Waals surface area contributed by atoms with Crippen LogP contribution < -0.4 is 5.32 Å². The molecule has 1 atom stereocenters. The van der Waals surface area contributed by atoms with Crippen LogP contribution in [0.2, 0.25) is 0 Å². The molecule has 2 rings (SSSR count). The number of nitrogens with one attached hydrogen (secondary N) is 1. The predicted molar refractivity (Wildman–Crippen MR) is 57.6 cm³/mol. The van der Waals surface area contributed by atoms with Gasteiger partial charge in [-0.15, -0.1) is 0 Å². The van der Waals surface area contributed by atoms with Gasteiger partial charge in [0, 0.05) is 24.9 Å². The third-order valence-corrected chi connectivity index (χ3v) is 2.25. The third kappa shape index (κ3) is 2.37. The molecule has 18 heavy (non-hydrogen) atoms. The van der Waals surface area contributed by atoms with Crippen molar-refractivity contribution in [3.05, 3.63) is 36.0 Å². The van der Waals surface area contributed by atoms with Gasteiger partial charge in [-0.3, -0.25) is 9.48 Å². The quantitative estimate of drug-likeness (QED) is 0.788. The Balaban J connectivity index is 2.17. The summed E-state index contributed by atoms with van der Waals surface area (Å²) in [5.74, 6) is -1.81. The zero-order valence-corrected chi connectivity index (χ0v) is 9.40. The number of hydrogen-bond acceptors (Lipinski definition) is 5. The summed E-state index contributed by atoms with van der Waals surface area (Å²) in [7, 11) is 1.65. The van der Waals surface area contributed by atoms with Gasteiger partial charge in [0.1, 0.15) is 6.26 Å². The van der Waals surface area contributed by atoms with Crippen LogP contribution in [0.15, 0.2) is 29.2 Å². The number of nitrogens with zero attached hydrogens (tertiary/aromatic N) is 3. The Morgan fingerprint density at radius 1 is 1.56 bits per heavy atom. The van der Waals surface area contributed by atoms with Crippen LogP contribution in [-0.4, -0.2) is 31.9 Å². The van der Waals surface area contributed by atoms with Gasteiger partial charge in [0.05, 0.1) is 6.20 Å². The number of aliphatic carboxylic acids is 1. The maximum Gasteiger partial charge on any atom is 0.331 e. The second kappa shape index (κ2) is 4.70. The molecule has 0 fully saturated rings. The lowest BCUT2D eigenvalue weighted by molar-refractivity contribution is -0.139. The summed E-state index contributed by atoms with van der Waals surface area (Å²) in [6.45, 7) is 0. The first kappa shape index (κ1) is 11.8. The second-order valence-corrected chi connectivity index (χ2v) is 3.58. The summed E-state index contributed by atoms with van der Waals surface area (Å²) in [6.07, 6.45) is 4.12. The fourth-order valence-corrected chi connectivity index (χ4v) is 1.41. The number of carboxylic acid groups (broad SMARTS) is 1.